The highest BCUT2D eigenvalue weighted by Crippen LogP contribution is 2.13. The van der Waals surface area contributed by atoms with Gasteiger partial charge >= 0.3 is 0 Å². The Morgan fingerprint density at radius 1 is 1.46 bits per heavy atom. The predicted octanol–water partition coefficient (Wildman–Crippen LogP) is 1.30. The summed E-state index contributed by atoms with van der Waals surface area (Å²) in [5, 5.41) is 19.1. The summed E-state index contributed by atoms with van der Waals surface area (Å²) in [6, 6.07) is 8.46. The lowest BCUT2D eigenvalue weighted by Gasteiger charge is -1.96. The molecule has 0 spiro atoms. The summed E-state index contributed by atoms with van der Waals surface area (Å²) < 4.78 is 0. The molecule has 0 aliphatic heterocycles. The van der Waals surface area contributed by atoms with Gasteiger partial charge in [0.15, 0.2) is 0 Å². The Morgan fingerprint density at radius 3 is 2.54 bits per heavy atom. The van der Waals surface area contributed by atoms with E-state index in [2.05, 4.69) is 0 Å². The summed E-state index contributed by atoms with van der Waals surface area (Å²) in [5.74, 6) is 0. The molecule has 0 amide bonds. The molecule has 68 valence electrons. The van der Waals surface area contributed by atoms with Crippen LogP contribution in [0.1, 0.15) is 5.56 Å². The van der Waals surface area contributed by atoms with Crippen molar-refractivity contribution in [1.29, 1.82) is 0 Å². The Balaban J connectivity index is 3.03. The van der Waals surface area contributed by atoms with Crippen LogP contribution >= 0.6 is 0 Å². The van der Waals surface area contributed by atoms with Crippen LogP contribution in [-0.4, -0.2) is 16.6 Å². The lowest BCUT2D eigenvalue weighted by atomic mass is 10.1. The third-order valence-electron chi connectivity index (χ3n) is 1.55. The fraction of sp³-hybridized carbons (Fsp3) is 0.111. The number of rotatable bonds is 3. The van der Waals surface area contributed by atoms with Crippen LogP contribution in [0.2, 0.25) is 0 Å². The van der Waals surface area contributed by atoms with Crippen molar-refractivity contribution < 1.29 is 10.0 Å². The molecule has 0 radical (unpaired) electrons. The first-order chi connectivity index (χ1) is 6.25. The summed E-state index contributed by atoms with van der Waals surface area (Å²) in [5.41, 5.74) is 0.435. The summed E-state index contributed by atoms with van der Waals surface area (Å²) in [4.78, 5) is 10.0. The van der Waals surface area contributed by atoms with Crippen molar-refractivity contribution in [3.63, 3.8) is 0 Å². The summed E-state index contributed by atoms with van der Waals surface area (Å²) in [6.45, 7) is -0.328. The second kappa shape index (κ2) is 4.37. The van der Waals surface area contributed by atoms with Gasteiger partial charge in [-0.1, -0.05) is 18.2 Å². The molecular formula is C9H9NO3. The average Bonchev–Trinajstić information content (AvgIpc) is 2.15. The van der Waals surface area contributed by atoms with Crippen molar-refractivity contribution in [3.05, 3.63) is 52.1 Å². The van der Waals surface area contributed by atoms with E-state index in [0.717, 1.165) is 0 Å². The highest BCUT2D eigenvalue weighted by Gasteiger charge is 2.11. The molecule has 0 atom stereocenters. The van der Waals surface area contributed by atoms with Crippen molar-refractivity contribution in [2.45, 2.75) is 0 Å². The van der Waals surface area contributed by atoms with Crippen LogP contribution in [-0.2, 0) is 0 Å². The van der Waals surface area contributed by atoms with Crippen molar-refractivity contribution in [2.24, 2.45) is 0 Å². The Bertz CT molecular complexity index is 319. The largest absolute Gasteiger partial charge is 0.392 e. The smallest absolute Gasteiger partial charge is 0.274 e. The molecule has 4 nitrogen and oxygen atoms in total. The van der Waals surface area contributed by atoms with Gasteiger partial charge in [-0.2, -0.15) is 0 Å². The van der Waals surface area contributed by atoms with Crippen molar-refractivity contribution >= 4 is 5.70 Å². The molecule has 0 aromatic heterocycles. The van der Waals surface area contributed by atoms with Gasteiger partial charge in [0.05, 0.1) is 17.1 Å². The molecule has 1 rings (SSSR count). The third-order valence-corrected chi connectivity index (χ3v) is 1.55. The number of nitro groups is 1. The van der Waals surface area contributed by atoms with Gasteiger partial charge in [0, 0.05) is 6.08 Å². The fourth-order valence-corrected chi connectivity index (χ4v) is 0.993. The second-order valence-corrected chi connectivity index (χ2v) is 2.40. The Hall–Kier alpha value is -1.68. The number of aliphatic hydroxyl groups is 1. The van der Waals surface area contributed by atoms with E-state index in [9.17, 15) is 10.1 Å². The van der Waals surface area contributed by atoms with Gasteiger partial charge in [0.25, 0.3) is 5.70 Å². The first-order valence-corrected chi connectivity index (χ1v) is 3.76. The molecule has 0 saturated carbocycles. The fourth-order valence-electron chi connectivity index (χ4n) is 0.993. The number of benzene rings is 1. The Labute approximate surface area is 75.3 Å². The maximum Gasteiger partial charge on any atom is 0.274 e. The van der Waals surface area contributed by atoms with Gasteiger partial charge in [-0.05, 0) is 12.1 Å². The zero-order chi connectivity index (χ0) is 9.68. The lowest BCUT2D eigenvalue weighted by molar-refractivity contribution is -0.375. The number of hydrogen-bond donors (Lipinski definition) is 1. The maximum absolute atomic E-state index is 10.5. The minimum atomic E-state index is -0.508. The van der Waals surface area contributed by atoms with Crippen LogP contribution in [0.25, 0.3) is 5.70 Å². The monoisotopic (exact) mass is 179 g/mol. The molecule has 0 unspecified atom stereocenters. The molecule has 0 fully saturated rings. The lowest BCUT2D eigenvalue weighted by Crippen LogP contribution is -1.98. The first kappa shape index (κ1) is 9.41. The van der Waals surface area contributed by atoms with E-state index in [4.69, 9.17) is 5.11 Å². The van der Waals surface area contributed by atoms with Gasteiger partial charge in [-0.15, -0.1) is 0 Å². The van der Waals surface area contributed by atoms with Crippen LogP contribution in [0.3, 0.4) is 0 Å². The van der Waals surface area contributed by atoms with Gasteiger partial charge in [0.1, 0.15) is 0 Å². The first-order valence-electron chi connectivity index (χ1n) is 3.76. The average molecular weight is 179 g/mol. The Morgan fingerprint density at radius 2 is 2.08 bits per heavy atom. The van der Waals surface area contributed by atoms with Gasteiger partial charge in [-0.3, -0.25) is 10.1 Å². The van der Waals surface area contributed by atoms with E-state index in [-0.39, 0.29) is 12.3 Å². The highest BCUT2D eigenvalue weighted by molar-refractivity contribution is 5.58. The van der Waals surface area contributed by atoms with Gasteiger partial charge < -0.3 is 5.11 Å². The summed E-state index contributed by atoms with van der Waals surface area (Å²) >= 11 is 0. The van der Waals surface area contributed by atoms with Gasteiger partial charge in [0.2, 0.25) is 0 Å². The summed E-state index contributed by atoms with van der Waals surface area (Å²) in [7, 11) is 0. The second-order valence-electron chi connectivity index (χ2n) is 2.40. The minimum Gasteiger partial charge on any atom is -0.392 e. The van der Waals surface area contributed by atoms with E-state index in [1.54, 1.807) is 30.3 Å². The van der Waals surface area contributed by atoms with Crippen LogP contribution in [0, 0.1) is 10.1 Å². The Kier molecular flexibility index (Phi) is 3.16. The molecule has 0 aliphatic carbocycles. The van der Waals surface area contributed by atoms with E-state index in [0.29, 0.717) is 5.56 Å². The SMILES string of the molecule is O=[N+]([O-])/C(=C\CO)c1ccccc1. The summed E-state index contributed by atoms with van der Waals surface area (Å²) in [6.07, 6.45) is 1.18. The van der Waals surface area contributed by atoms with E-state index >= 15 is 0 Å². The number of hydrogen-bond acceptors (Lipinski definition) is 3. The zero-order valence-corrected chi connectivity index (χ0v) is 6.88. The van der Waals surface area contributed by atoms with Crippen LogP contribution in [0.5, 0.6) is 0 Å². The predicted molar refractivity (Wildman–Crippen MR) is 48.5 cm³/mol. The van der Waals surface area contributed by atoms with E-state index in [1.165, 1.54) is 6.08 Å². The highest BCUT2D eigenvalue weighted by atomic mass is 16.6. The van der Waals surface area contributed by atoms with E-state index in [1.807, 2.05) is 0 Å². The van der Waals surface area contributed by atoms with Crippen LogP contribution in [0.4, 0.5) is 0 Å². The molecule has 0 saturated heterocycles. The molecule has 13 heavy (non-hydrogen) atoms. The molecule has 0 bridgehead atoms. The van der Waals surface area contributed by atoms with Crippen molar-refractivity contribution in [2.75, 3.05) is 6.61 Å². The number of aliphatic hydroxyl groups excluding tert-OH is 1. The normalized spacial score (nSPS) is 11.3. The third kappa shape index (κ3) is 2.38. The molecule has 1 aromatic carbocycles. The maximum atomic E-state index is 10.5. The van der Waals surface area contributed by atoms with Gasteiger partial charge in [-0.25, -0.2) is 0 Å². The molecular weight excluding hydrogens is 170 g/mol. The van der Waals surface area contributed by atoms with E-state index < -0.39 is 4.92 Å². The molecule has 1 aromatic rings. The topological polar surface area (TPSA) is 63.4 Å². The molecule has 0 aliphatic rings. The minimum absolute atomic E-state index is 0.0666. The standard InChI is InChI=1S/C9H9NO3/c11-7-6-9(10(12)13)8-4-2-1-3-5-8/h1-6,11H,7H2/b9-6-. The van der Waals surface area contributed by atoms with Crippen LogP contribution in [0.15, 0.2) is 36.4 Å². The number of nitrogens with zero attached hydrogens (tertiary/aromatic N) is 1. The molecule has 0 heterocycles. The van der Waals surface area contributed by atoms with Crippen molar-refractivity contribution in [1.82, 2.24) is 0 Å². The molecule has 1 N–H and O–H groups in total. The van der Waals surface area contributed by atoms with Crippen LogP contribution < -0.4 is 0 Å². The quantitative estimate of drug-likeness (QED) is 0.561. The zero-order valence-electron chi connectivity index (χ0n) is 6.88. The van der Waals surface area contributed by atoms with Crippen molar-refractivity contribution in [3.8, 4) is 0 Å². The molecule has 4 heteroatoms.